The zero-order valence-corrected chi connectivity index (χ0v) is 8.68. The van der Waals surface area contributed by atoms with Crippen LogP contribution in [-0.4, -0.2) is 37.0 Å². The highest BCUT2D eigenvalue weighted by molar-refractivity contribution is 4.82. The number of nitrogens with one attached hydrogen (secondary N) is 1. The van der Waals surface area contributed by atoms with Crippen molar-refractivity contribution in [3.63, 3.8) is 0 Å². The van der Waals surface area contributed by atoms with Crippen LogP contribution in [0.15, 0.2) is 0 Å². The molecular formula is C10H21NO2. The Morgan fingerprint density at radius 2 is 2.31 bits per heavy atom. The first-order chi connectivity index (χ1) is 6.14. The van der Waals surface area contributed by atoms with Gasteiger partial charge in [0, 0.05) is 13.2 Å². The summed E-state index contributed by atoms with van der Waals surface area (Å²) in [7, 11) is 1.63. The molecule has 0 spiro atoms. The lowest BCUT2D eigenvalue weighted by molar-refractivity contribution is -0.0307. The van der Waals surface area contributed by atoms with Gasteiger partial charge >= 0.3 is 0 Å². The largest absolute Gasteiger partial charge is 0.388 e. The normalized spacial score (nSPS) is 28.4. The molecule has 0 amide bonds. The van der Waals surface area contributed by atoms with E-state index >= 15 is 0 Å². The van der Waals surface area contributed by atoms with Crippen molar-refractivity contribution < 1.29 is 9.84 Å². The Balaban J connectivity index is 2.28. The summed E-state index contributed by atoms with van der Waals surface area (Å²) in [5.41, 5.74) is -0.677. The number of piperidine rings is 1. The third-order valence-electron chi connectivity index (χ3n) is 2.55. The first-order valence-corrected chi connectivity index (χ1v) is 5.09. The van der Waals surface area contributed by atoms with Gasteiger partial charge in [-0.05, 0) is 32.7 Å². The summed E-state index contributed by atoms with van der Waals surface area (Å²) in [6, 6.07) is 0.471. The van der Waals surface area contributed by atoms with Crippen LogP contribution in [0.3, 0.4) is 0 Å². The van der Waals surface area contributed by atoms with Crippen LogP contribution in [0.1, 0.15) is 32.6 Å². The molecule has 0 aromatic heterocycles. The molecule has 3 heteroatoms. The lowest BCUT2D eigenvalue weighted by Crippen LogP contribution is -2.42. The van der Waals surface area contributed by atoms with Crippen molar-refractivity contribution in [1.29, 1.82) is 0 Å². The fourth-order valence-corrected chi connectivity index (χ4v) is 2.00. The number of hydrogen-bond donors (Lipinski definition) is 2. The van der Waals surface area contributed by atoms with E-state index in [1.54, 1.807) is 7.11 Å². The predicted octanol–water partition coefficient (Wildman–Crippen LogP) is 0.916. The highest BCUT2D eigenvalue weighted by Crippen LogP contribution is 2.18. The second-order valence-corrected chi connectivity index (χ2v) is 4.28. The van der Waals surface area contributed by atoms with Gasteiger partial charge in [-0.25, -0.2) is 0 Å². The van der Waals surface area contributed by atoms with Crippen LogP contribution in [0.25, 0.3) is 0 Å². The summed E-state index contributed by atoms with van der Waals surface area (Å²) in [4.78, 5) is 0. The van der Waals surface area contributed by atoms with Crippen LogP contribution >= 0.6 is 0 Å². The third-order valence-corrected chi connectivity index (χ3v) is 2.55. The topological polar surface area (TPSA) is 41.5 Å². The van der Waals surface area contributed by atoms with E-state index in [0.29, 0.717) is 12.6 Å². The van der Waals surface area contributed by atoms with Crippen molar-refractivity contribution in [3.05, 3.63) is 0 Å². The van der Waals surface area contributed by atoms with E-state index in [1.165, 1.54) is 19.3 Å². The van der Waals surface area contributed by atoms with E-state index in [2.05, 4.69) is 5.32 Å². The van der Waals surface area contributed by atoms with Gasteiger partial charge in [-0.3, -0.25) is 0 Å². The standard InChI is InChI=1S/C10H21NO2/c1-10(12,8-13-2)7-9-5-3-4-6-11-9/h9,11-12H,3-8H2,1-2H3. The number of aliphatic hydroxyl groups is 1. The minimum absolute atomic E-state index is 0.422. The average Bonchev–Trinajstić information content (AvgIpc) is 2.04. The van der Waals surface area contributed by atoms with E-state index in [0.717, 1.165) is 13.0 Å². The summed E-state index contributed by atoms with van der Waals surface area (Å²) < 4.78 is 4.97. The molecular weight excluding hydrogens is 166 g/mol. The van der Waals surface area contributed by atoms with Crippen LogP contribution in [-0.2, 0) is 4.74 Å². The van der Waals surface area contributed by atoms with E-state index < -0.39 is 5.60 Å². The molecule has 0 aromatic rings. The van der Waals surface area contributed by atoms with E-state index in [1.807, 2.05) is 6.92 Å². The second kappa shape index (κ2) is 4.94. The molecule has 3 nitrogen and oxygen atoms in total. The number of ether oxygens (including phenoxy) is 1. The highest BCUT2D eigenvalue weighted by Gasteiger charge is 2.26. The van der Waals surface area contributed by atoms with Crippen molar-refractivity contribution in [2.75, 3.05) is 20.3 Å². The number of methoxy groups -OCH3 is 1. The molecule has 1 saturated heterocycles. The molecule has 0 aromatic carbocycles. The Morgan fingerprint density at radius 3 is 2.85 bits per heavy atom. The second-order valence-electron chi connectivity index (χ2n) is 4.28. The maximum Gasteiger partial charge on any atom is 0.0866 e. The van der Waals surface area contributed by atoms with Gasteiger partial charge in [0.2, 0.25) is 0 Å². The van der Waals surface area contributed by atoms with Gasteiger partial charge in [0.25, 0.3) is 0 Å². The summed E-state index contributed by atoms with van der Waals surface area (Å²) in [5, 5.41) is 13.3. The minimum atomic E-state index is -0.677. The molecule has 0 bridgehead atoms. The first kappa shape index (κ1) is 11.0. The van der Waals surface area contributed by atoms with Crippen LogP contribution in [0, 0.1) is 0 Å². The zero-order chi connectivity index (χ0) is 9.73. The molecule has 0 saturated carbocycles. The lowest BCUT2D eigenvalue weighted by atomic mass is 9.92. The van der Waals surface area contributed by atoms with Gasteiger partial charge in [0.05, 0.1) is 12.2 Å². The molecule has 2 unspecified atom stereocenters. The van der Waals surface area contributed by atoms with Gasteiger partial charge in [-0.2, -0.15) is 0 Å². The van der Waals surface area contributed by atoms with Crippen molar-refractivity contribution in [1.82, 2.24) is 5.32 Å². The Hall–Kier alpha value is -0.120. The molecule has 1 heterocycles. The average molecular weight is 187 g/mol. The molecule has 2 atom stereocenters. The summed E-state index contributed by atoms with van der Waals surface area (Å²) in [6.07, 6.45) is 4.52. The van der Waals surface area contributed by atoms with Gasteiger partial charge < -0.3 is 15.2 Å². The van der Waals surface area contributed by atoms with E-state index in [-0.39, 0.29) is 0 Å². The summed E-state index contributed by atoms with van der Waals surface area (Å²) in [6.45, 7) is 3.35. The Kier molecular flexibility index (Phi) is 4.16. The van der Waals surface area contributed by atoms with Crippen LogP contribution in [0.2, 0.25) is 0 Å². The lowest BCUT2D eigenvalue weighted by Gasteiger charge is -2.31. The molecule has 78 valence electrons. The van der Waals surface area contributed by atoms with E-state index in [9.17, 15) is 5.11 Å². The van der Waals surface area contributed by atoms with Gasteiger partial charge in [0.1, 0.15) is 0 Å². The van der Waals surface area contributed by atoms with E-state index in [4.69, 9.17) is 4.74 Å². The highest BCUT2D eigenvalue weighted by atomic mass is 16.5. The van der Waals surface area contributed by atoms with Crippen LogP contribution < -0.4 is 5.32 Å². The van der Waals surface area contributed by atoms with Crippen molar-refractivity contribution >= 4 is 0 Å². The Bertz CT molecular complexity index is 142. The van der Waals surface area contributed by atoms with Crippen molar-refractivity contribution in [3.8, 4) is 0 Å². The Labute approximate surface area is 80.5 Å². The SMILES string of the molecule is COCC(C)(O)CC1CCCCN1. The summed E-state index contributed by atoms with van der Waals surface area (Å²) >= 11 is 0. The molecule has 13 heavy (non-hydrogen) atoms. The van der Waals surface area contributed by atoms with Gasteiger partial charge in [-0.1, -0.05) is 6.42 Å². The van der Waals surface area contributed by atoms with Gasteiger partial charge in [-0.15, -0.1) is 0 Å². The zero-order valence-electron chi connectivity index (χ0n) is 8.68. The predicted molar refractivity (Wildman–Crippen MR) is 52.8 cm³/mol. The molecule has 0 aliphatic carbocycles. The smallest absolute Gasteiger partial charge is 0.0866 e. The van der Waals surface area contributed by atoms with Crippen molar-refractivity contribution in [2.24, 2.45) is 0 Å². The van der Waals surface area contributed by atoms with Crippen LogP contribution in [0.5, 0.6) is 0 Å². The first-order valence-electron chi connectivity index (χ1n) is 5.09. The maximum atomic E-state index is 9.90. The number of hydrogen-bond acceptors (Lipinski definition) is 3. The third kappa shape index (κ3) is 4.07. The Morgan fingerprint density at radius 1 is 1.54 bits per heavy atom. The van der Waals surface area contributed by atoms with Gasteiger partial charge in [0.15, 0.2) is 0 Å². The molecule has 1 aliphatic rings. The number of rotatable bonds is 4. The monoisotopic (exact) mass is 187 g/mol. The molecule has 0 radical (unpaired) electrons. The molecule has 1 fully saturated rings. The fourth-order valence-electron chi connectivity index (χ4n) is 2.00. The van der Waals surface area contributed by atoms with Crippen molar-refractivity contribution in [2.45, 2.75) is 44.2 Å². The maximum absolute atomic E-state index is 9.90. The molecule has 1 rings (SSSR count). The molecule has 1 aliphatic heterocycles. The summed E-state index contributed by atoms with van der Waals surface area (Å²) in [5.74, 6) is 0. The molecule has 2 N–H and O–H groups in total. The van der Waals surface area contributed by atoms with Crippen LogP contribution in [0.4, 0.5) is 0 Å². The quantitative estimate of drug-likeness (QED) is 0.687. The fraction of sp³-hybridized carbons (Fsp3) is 1.00. The minimum Gasteiger partial charge on any atom is -0.388 e.